The van der Waals surface area contributed by atoms with Gasteiger partial charge in [-0.2, -0.15) is 9.98 Å². The maximum atomic E-state index is 14.5. The third-order valence-electron chi connectivity index (χ3n) is 11.5. The largest absolute Gasteiger partial charge is 0.486 e. The highest BCUT2D eigenvalue weighted by Crippen LogP contribution is 2.46. The van der Waals surface area contributed by atoms with Gasteiger partial charge in [0, 0.05) is 40.8 Å². The van der Waals surface area contributed by atoms with Crippen molar-refractivity contribution >= 4 is 47.0 Å². The van der Waals surface area contributed by atoms with Crippen LogP contribution in [0.5, 0.6) is 11.5 Å². The van der Waals surface area contributed by atoms with Gasteiger partial charge in [-0.25, -0.2) is 0 Å². The SMILES string of the molecule is NC1=NC(=O)C2=NCN(c3ccccc3Cc3cc4c(c(OC[C@H](O)CC=O)c3O[C@H]3O[C@@H](C5(O)CCCCC5)[C@H](O)[C@@H](O)[C@@H]3O)C(=O)c3cc(CO)ccc3C4=O)C2=N1. The molecule has 3 aromatic rings. The van der Waals surface area contributed by atoms with Crippen molar-refractivity contribution in [2.45, 2.75) is 94.0 Å². The van der Waals surface area contributed by atoms with Gasteiger partial charge in [-0.15, -0.1) is 0 Å². The molecule has 1 amide bonds. The summed E-state index contributed by atoms with van der Waals surface area (Å²) < 4.78 is 18.8. The normalized spacial score (nSPS) is 25.0. The number of hydrogen-bond acceptors (Lipinski definition) is 17. The van der Waals surface area contributed by atoms with E-state index in [1.54, 1.807) is 29.2 Å². The minimum atomic E-state index is -1.92. The Labute approximate surface area is 342 Å². The van der Waals surface area contributed by atoms with E-state index in [2.05, 4.69) is 15.0 Å². The van der Waals surface area contributed by atoms with Crippen LogP contribution in [0.2, 0.25) is 0 Å². The number of nitrogens with zero attached hydrogens (tertiary/aromatic N) is 4. The van der Waals surface area contributed by atoms with E-state index in [0.29, 0.717) is 35.9 Å². The predicted octanol–water partition coefficient (Wildman–Crippen LogP) is 0.227. The molecule has 0 bridgehead atoms. The third kappa shape index (κ3) is 7.29. The molecule has 6 atom stereocenters. The molecule has 8 rings (SSSR count). The van der Waals surface area contributed by atoms with Crippen LogP contribution in [0.3, 0.4) is 0 Å². The number of carbonyl (C=O) groups excluding carboxylic acids is 4. The van der Waals surface area contributed by atoms with Crippen molar-refractivity contribution in [3.05, 3.63) is 87.5 Å². The Balaban J connectivity index is 1.29. The van der Waals surface area contributed by atoms with Gasteiger partial charge in [0.05, 0.1) is 23.9 Å². The lowest BCUT2D eigenvalue weighted by atomic mass is 9.76. The molecule has 5 aliphatic rings. The standard InChI is InChI=1S/C42H43N5O13/c43-41-45-38-29(39(56)46-41)44-19-47(38)27-7-3-2-6-21(27)15-22-16-26-28(31(52)25-14-20(17-49)8-9-24(25)30(26)51)36(58-18-23(50)10-13-48)35(22)59-40-34(55)32(53)33(54)37(60-40)42(57)11-4-1-5-12-42/h2-3,6-9,13-14,16,23,32-34,37,40,49-50,53-55,57H,1,4-5,10-12,15,17-19H2,(H2,43,46,56)/t23-,32-,33-,34+,37-,40+/m1/s1. The topological polar surface area (TPSA) is 284 Å². The second-order valence-corrected chi connectivity index (χ2v) is 15.5. The van der Waals surface area contributed by atoms with E-state index in [1.807, 2.05) is 0 Å². The minimum absolute atomic E-state index is 0.00635. The molecule has 1 saturated heterocycles. The number of ketones is 2. The number of rotatable bonds is 12. The summed E-state index contributed by atoms with van der Waals surface area (Å²) in [6, 6.07) is 12.7. The number of fused-ring (bicyclic) bond motifs is 3. The van der Waals surface area contributed by atoms with E-state index in [-0.39, 0.29) is 89.2 Å². The summed E-state index contributed by atoms with van der Waals surface area (Å²) >= 11 is 0. The number of amidine groups is 1. The van der Waals surface area contributed by atoms with E-state index < -0.39 is 73.1 Å². The first-order valence-electron chi connectivity index (χ1n) is 19.6. The molecule has 18 nitrogen and oxygen atoms in total. The molecular formula is C42H43N5O13. The lowest BCUT2D eigenvalue weighted by Crippen LogP contribution is -2.65. The van der Waals surface area contributed by atoms with Crippen molar-refractivity contribution < 1.29 is 64.0 Å². The highest BCUT2D eigenvalue weighted by atomic mass is 16.7. The van der Waals surface area contributed by atoms with Crippen LogP contribution in [-0.2, 0) is 27.4 Å². The van der Waals surface area contributed by atoms with Crippen LogP contribution in [0.1, 0.15) is 87.1 Å². The molecule has 1 saturated carbocycles. The second kappa shape index (κ2) is 16.4. The summed E-state index contributed by atoms with van der Waals surface area (Å²) in [7, 11) is 0. The van der Waals surface area contributed by atoms with Gasteiger partial charge >= 0.3 is 5.91 Å². The lowest BCUT2D eigenvalue weighted by Gasteiger charge is -2.48. The number of hydrogen-bond donors (Lipinski definition) is 7. The van der Waals surface area contributed by atoms with Crippen molar-refractivity contribution in [1.29, 1.82) is 0 Å². The zero-order valence-corrected chi connectivity index (χ0v) is 32.1. The number of aldehydes is 1. The first-order valence-corrected chi connectivity index (χ1v) is 19.6. The van der Waals surface area contributed by atoms with Gasteiger partial charge in [-0.3, -0.25) is 19.4 Å². The Bertz CT molecular complexity index is 2360. The number of benzene rings is 3. The van der Waals surface area contributed by atoms with Gasteiger partial charge in [0.15, 0.2) is 34.6 Å². The molecule has 3 heterocycles. The molecule has 0 spiro atoms. The number of amides is 1. The van der Waals surface area contributed by atoms with E-state index in [9.17, 15) is 49.8 Å². The predicted molar refractivity (Wildman–Crippen MR) is 211 cm³/mol. The Morgan fingerprint density at radius 1 is 0.917 bits per heavy atom. The second-order valence-electron chi connectivity index (χ2n) is 15.5. The van der Waals surface area contributed by atoms with E-state index >= 15 is 0 Å². The summed E-state index contributed by atoms with van der Waals surface area (Å²) in [5.74, 6) is -2.69. The third-order valence-corrected chi connectivity index (χ3v) is 11.5. The smallest absolute Gasteiger partial charge is 0.302 e. The van der Waals surface area contributed by atoms with Gasteiger partial charge in [-0.1, -0.05) is 43.5 Å². The minimum Gasteiger partial charge on any atom is -0.486 e. The van der Waals surface area contributed by atoms with Crippen molar-refractivity contribution in [1.82, 2.24) is 0 Å². The monoisotopic (exact) mass is 825 g/mol. The van der Waals surface area contributed by atoms with Gasteiger partial charge < -0.3 is 60.3 Å². The summed E-state index contributed by atoms with van der Waals surface area (Å²) in [4.78, 5) is 66.9. The van der Waals surface area contributed by atoms with Crippen molar-refractivity contribution in [2.75, 3.05) is 18.2 Å². The maximum absolute atomic E-state index is 14.5. The fourth-order valence-electron chi connectivity index (χ4n) is 8.46. The number of ether oxygens (including phenoxy) is 3. The van der Waals surface area contributed by atoms with Crippen LogP contribution < -0.4 is 20.1 Å². The number of nitrogens with two attached hydrogens (primary N) is 1. The molecule has 60 heavy (non-hydrogen) atoms. The Hall–Kier alpha value is -5.73. The van der Waals surface area contributed by atoms with Crippen LogP contribution in [0.25, 0.3) is 0 Å². The molecule has 0 aromatic heterocycles. The van der Waals surface area contributed by atoms with Gasteiger partial charge in [0.1, 0.15) is 44.0 Å². The molecule has 3 aromatic carbocycles. The molecule has 18 heteroatoms. The molecular weight excluding hydrogens is 782 g/mol. The van der Waals surface area contributed by atoms with Crippen molar-refractivity contribution in [3.8, 4) is 11.5 Å². The Kier molecular flexibility index (Phi) is 11.2. The summed E-state index contributed by atoms with van der Waals surface area (Å²) in [5.41, 5.74) is 5.41. The fourth-order valence-corrected chi connectivity index (χ4v) is 8.46. The lowest BCUT2D eigenvalue weighted by molar-refractivity contribution is -0.308. The maximum Gasteiger partial charge on any atom is 0.302 e. The van der Waals surface area contributed by atoms with Gasteiger partial charge in [0.2, 0.25) is 12.2 Å². The molecule has 2 aliphatic carbocycles. The van der Waals surface area contributed by atoms with Crippen molar-refractivity contribution in [3.63, 3.8) is 0 Å². The number of aliphatic hydroxyl groups excluding tert-OH is 5. The molecule has 0 radical (unpaired) electrons. The van der Waals surface area contributed by atoms with E-state index in [4.69, 9.17) is 19.9 Å². The molecule has 0 unspecified atom stereocenters. The number of carbonyl (C=O) groups is 4. The van der Waals surface area contributed by atoms with Crippen LogP contribution in [0.15, 0.2) is 63.5 Å². The van der Waals surface area contributed by atoms with E-state index in [0.717, 1.165) is 6.42 Å². The zero-order chi connectivity index (χ0) is 42.5. The summed E-state index contributed by atoms with van der Waals surface area (Å²) in [6.45, 7) is -1.03. The highest BCUT2D eigenvalue weighted by molar-refractivity contribution is 6.72. The first kappa shape index (κ1) is 41.0. The fraction of sp³-hybridized carbons (Fsp3) is 0.405. The number of para-hydroxylation sites is 1. The highest BCUT2D eigenvalue weighted by Gasteiger charge is 2.54. The van der Waals surface area contributed by atoms with Crippen LogP contribution in [-0.4, -0.2) is 128 Å². The van der Waals surface area contributed by atoms with Crippen LogP contribution in [0.4, 0.5) is 5.69 Å². The number of aliphatic imine (C=N–C) groups is 3. The average molecular weight is 826 g/mol. The molecule has 3 aliphatic heterocycles. The first-order chi connectivity index (χ1) is 28.8. The van der Waals surface area contributed by atoms with Crippen LogP contribution >= 0.6 is 0 Å². The average Bonchev–Trinajstić information content (AvgIpc) is 3.66. The van der Waals surface area contributed by atoms with Crippen molar-refractivity contribution in [2.24, 2.45) is 20.7 Å². The zero-order valence-electron chi connectivity index (χ0n) is 32.1. The Morgan fingerprint density at radius 3 is 2.43 bits per heavy atom. The van der Waals surface area contributed by atoms with Crippen LogP contribution in [0, 0.1) is 0 Å². The van der Waals surface area contributed by atoms with Gasteiger partial charge in [0.25, 0.3) is 0 Å². The molecule has 8 N–H and O–H groups in total. The summed E-state index contributed by atoms with van der Waals surface area (Å²) in [6.07, 6.45) is -7.58. The van der Waals surface area contributed by atoms with Gasteiger partial charge in [-0.05, 0) is 48.2 Å². The Morgan fingerprint density at radius 2 is 1.68 bits per heavy atom. The van der Waals surface area contributed by atoms with E-state index in [1.165, 1.54) is 24.3 Å². The number of aliphatic hydroxyl groups is 6. The quantitative estimate of drug-likeness (QED) is 0.0942. The number of guanidine groups is 1. The molecule has 2 fully saturated rings. The molecule has 314 valence electrons. The number of anilines is 1. The summed E-state index contributed by atoms with van der Waals surface area (Å²) in [5, 5.41) is 66.0.